The fourth-order valence-corrected chi connectivity index (χ4v) is 4.16. The Morgan fingerprint density at radius 3 is 2.75 bits per heavy atom. The molecule has 112 valence electrons. The molecule has 5 nitrogen and oxygen atoms in total. The Hall–Kier alpha value is -1.11. The number of benzene rings is 1. The Kier molecular flexibility index (Phi) is 4.36. The Bertz CT molecular complexity index is 586. The summed E-state index contributed by atoms with van der Waals surface area (Å²) in [7, 11) is -1.44. The van der Waals surface area contributed by atoms with E-state index >= 15 is 0 Å². The summed E-state index contributed by atoms with van der Waals surface area (Å²) in [5.74, 6) is 0. The second-order valence-electron chi connectivity index (χ2n) is 5.64. The van der Waals surface area contributed by atoms with Crippen LogP contribution < -0.4 is 10.5 Å². The van der Waals surface area contributed by atoms with Crippen molar-refractivity contribution in [3.8, 4) is 0 Å². The van der Waals surface area contributed by atoms with Crippen molar-refractivity contribution in [1.82, 2.24) is 9.62 Å². The summed E-state index contributed by atoms with van der Waals surface area (Å²) >= 11 is 0. The first-order valence-corrected chi connectivity index (χ1v) is 8.37. The van der Waals surface area contributed by atoms with Crippen LogP contribution in [0.2, 0.25) is 0 Å². The van der Waals surface area contributed by atoms with Gasteiger partial charge in [0.15, 0.2) is 0 Å². The van der Waals surface area contributed by atoms with Crippen LogP contribution in [0.15, 0.2) is 23.1 Å². The summed E-state index contributed by atoms with van der Waals surface area (Å²) < 4.78 is 27.8. The second-order valence-corrected chi connectivity index (χ2v) is 7.32. The minimum absolute atomic E-state index is 0.00738. The van der Waals surface area contributed by atoms with Gasteiger partial charge < -0.3 is 10.6 Å². The topological polar surface area (TPSA) is 75.4 Å². The van der Waals surface area contributed by atoms with E-state index in [1.54, 1.807) is 25.1 Å². The zero-order valence-electron chi connectivity index (χ0n) is 12.3. The predicted octanol–water partition coefficient (Wildman–Crippen LogP) is 1.34. The molecule has 2 atom stereocenters. The summed E-state index contributed by atoms with van der Waals surface area (Å²) in [5, 5.41) is 0. The highest BCUT2D eigenvalue weighted by Crippen LogP contribution is 2.22. The SMILES string of the molecule is Cc1c(N)cccc1S(=O)(=O)NC1CCN(C)C(C)C1. The number of hydrogen-bond donors (Lipinski definition) is 2. The van der Waals surface area contributed by atoms with Crippen LogP contribution in [0.25, 0.3) is 0 Å². The molecule has 1 aromatic carbocycles. The Morgan fingerprint density at radius 2 is 2.10 bits per heavy atom. The molecule has 0 spiro atoms. The highest BCUT2D eigenvalue weighted by atomic mass is 32.2. The fraction of sp³-hybridized carbons (Fsp3) is 0.571. The van der Waals surface area contributed by atoms with E-state index in [2.05, 4.69) is 23.6 Å². The molecule has 0 bridgehead atoms. The standard InChI is InChI=1S/C14H23N3O2S/c1-10-9-12(7-8-17(10)3)16-20(18,19)14-6-4-5-13(15)11(14)2/h4-6,10,12,16H,7-9,15H2,1-3H3. The quantitative estimate of drug-likeness (QED) is 0.826. The maximum absolute atomic E-state index is 12.5. The number of nitrogens with two attached hydrogens (primary N) is 1. The summed E-state index contributed by atoms with van der Waals surface area (Å²) in [6.07, 6.45) is 1.67. The number of hydrogen-bond acceptors (Lipinski definition) is 4. The molecule has 3 N–H and O–H groups in total. The minimum Gasteiger partial charge on any atom is -0.398 e. The van der Waals surface area contributed by atoms with Crippen LogP contribution in [0.1, 0.15) is 25.3 Å². The Balaban J connectivity index is 2.18. The average Bonchev–Trinajstić information content (AvgIpc) is 2.36. The highest BCUT2D eigenvalue weighted by molar-refractivity contribution is 7.89. The van der Waals surface area contributed by atoms with E-state index in [9.17, 15) is 8.42 Å². The highest BCUT2D eigenvalue weighted by Gasteiger charge is 2.27. The largest absolute Gasteiger partial charge is 0.398 e. The molecule has 1 aliphatic rings. The number of nitrogens with one attached hydrogen (secondary N) is 1. The van der Waals surface area contributed by atoms with Crippen molar-refractivity contribution < 1.29 is 8.42 Å². The van der Waals surface area contributed by atoms with Crippen molar-refractivity contribution in [1.29, 1.82) is 0 Å². The third-order valence-electron chi connectivity index (χ3n) is 4.15. The van der Waals surface area contributed by atoms with E-state index in [-0.39, 0.29) is 10.9 Å². The van der Waals surface area contributed by atoms with Crippen LogP contribution in [-0.2, 0) is 10.0 Å². The van der Waals surface area contributed by atoms with Crippen LogP contribution in [-0.4, -0.2) is 39.0 Å². The van der Waals surface area contributed by atoms with Crippen LogP contribution in [0, 0.1) is 6.92 Å². The average molecular weight is 297 g/mol. The summed E-state index contributed by atoms with van der Waals surface area (Å²) in [6, 6.07) is 5.37. The van der Waals surface area contributed by atoms with E-state index in [1.807, 2.05) is 0 Å². The summed E-state index contributed by atoms with van der Waals surface area (Å²) in [6.45, 7) is 4.76. The number of nitrogen functional groups attached to an aromatic ring is 1. The lowest BCUT2D eigenvalue weighted by molar-refractivity contribution is 0.178. The third kappa shape index (κ3) is 3.13. The summed E-state index contributed by atoms with van der Waals surface area (Å²) in [4.78, 5) is 2.53. The van der Waals surface area contributed by atoms with E-state index < -0.39 is 10.0 Å². The van der Waals surface area contributed by atoms with Crippen molar-refractivity contribution in [2.75, 3.05) is 19.3 Å². The maximum Gasteiger partial charge on any atom is 0.241 e. The molecular weight excluding hydrogens is 274 g/mol. The van der Waals surface area contributed by atoms with Gasteiger partial charge >= 0.3 is 0 Å². The molecule has 2 unspecified atom stereocenters. The first-order valence-electron chi connectivity index (χ1n) is 6.89. The molecule has 1 heterocycles. The summed E-state index contributed by atoms with van der Waals surface area (Å²) in [5.41, 5.74) is 6.91. The van der Waals surface area contributed by atoms with Crippen LogP contribution in [0.3, 0.4) is 0 Å². The molecular formula is C14H23N3O2S. The van der Waals surface area contributed by atoms with E-state index in [0.29, 0.717) is 17.3 Å². The van der Waals surface area contributed by atoms with Gasteiger partial charge in [0.25, 0.3) is 0 Å². The van der Waals surface area contributed by atoms with Gasteiger partial charge in [-0.2, -0.15) is 0 Å². The van der Waals surface area contributed by atoms with Crippen LogP contribution >= 0.6 is 0 Å². The zero-order chi connectivity index (χ0) is 14.9. The molecule has 2 rings (SSSR count). The lowest BCUT2D eigenvalue weighted by Crippen LogP contribution is -2.47. The molecule has 1 aromatic rings. The number of rotatable bonds is 3. The van der Waals surface area contributed by atoms with Crippen molar-refractivity contribution in [2.24, 2.45) is 0 Å². The van der Waals surface area contributed by atoms with Crippen molar-refractivity contribution in [3.63, 3.8) is 0 Å². The van der Waals surface area contributed by atoms with Gasteiger partial charge in [-0.3, -0.25) is 0 Å². The number of sulfonamides is 1. The first kappa shape index (κ1) is 15.3. The van der Waals surface area contributed by atoms with Crippen molar-refractivity contribution in [2.45, 2.75) is 43.7 Å². The normalized spacial score (nSPS) is 24.8. The van der Waals surface area contributed by atoms with Gasteiger partial charge in [-0.05, 0) is 58.0 Å². The molecule has 0 saturated carbocycles. The molecule has 1 fully saturated rings. The van der Waals surface area contributed by atoms with Crippen molar-refractivity contribution in [3.05, 3.63) is 23.8 Å². The van der Waals surface area contributed by atoms with Gasteiger partial charge in [0.2, 0.25) is 10.0 Å². The minimum atomic E-state index is -3.50. The molecule has 1 saturated heterocycles. The zero-order valence-corrected chi connectivity index (χ0v) is 13.1. The predicted molar refractivity (Wildman–Crippen MR) is 81.0 cm³/mol. The monoisotopic (exact) mass is 297 g/mol. The smallest absolute Gasteiger partial charge is 0.241 e. The molecule has 20 heavy (non-hydrogen) atoms. The fourth-order valence-electron chi connectivity index (χ4n) is 2.60. The van der Waals surface area contributed by atoms with Crippen molar-refractivity contribution >= 4 is 15.7 Å². The van der Waals surface area contributed by atoms with E-state index in [4.69, 9.17) is 5.73 Å². The molecule has 6 heteroatoms. The van der Waals surface area contributed by atoms with Gasteiger partial charge in [-0.25, -0.2) is 13.1 Å². The second kappa shape index (κ2) is 5.71. The molecule has 1 aliphatic heterocycles. The molecule has 0 aliphatic carbocycles. The Morgan fingerprint density at radius 1 is 1.40 bits per heavy atom. The van der Waals surface area contributed by atoms with E-state index in [0.717, 1.165) is 19.4 Å². The van der Waals surface area contributed by atoms with Gasteiger partial charge in [-0.1, -0.05) is 6.07 Å². The molecule has 0 aromatic heterocycles. The van der Waals surface area contributed by atoms with Crippen LogP contribution in [0.5, 0.6) is 0 Å². The van der Waals surface area contributed by atoms with Gasteiger partial charge in [0.05, 0.1) is 4.90 Å². The number of nitrogens with zero attached hydrogens (tertiary/aromatic N) is 1. The van der Waals surface area contributed by atoms with Gasteiger partial charge in [0, 0.05) is 17.8 Å². The Labute approximate surface area is 121 Å². The van der Waals surface area contributed by atoms with Crippen LogP contribution in [0.4, 0.5) is 5.69 Å². The molecule has 0 radical (unpaired) electrons. The number of likely N-dealkylation sites (tertiary alicyclic amines) is 1. The maximum atomic E-state index is 12.5. The number of anilines is 1. The van der Waals surface area contributed by atoms with E-state index in [1.165, 1.54) is 0 Å². The lowest BCUT2D eigenvalue weighted by atomic mass is 10.0. The lowest BCUT2D eigenvalue weighted by Gasteiger charge is -2.35. The van der Waals surface area contributed by atoms with Gasteiger partial charge in [0.1, 0.15) is 0 Å². The third-order valence-corrected chi connectivity index (χ3v) is 5.81. The number of piperidine rings is 1. The van der Waals surface area contributed by atoms with Gasteiger partial charge in [-0.15, -0.1) is 0 Å². The molecule has 0 amide bonds. The first-order chi connectivity index (χ1) is 9.31.